The largest absolute Gasteiger partial charge is 0.268 e. The number of aryl methyl sites for hydroxylation is 1. The van der Waals surface area contributed by atoms with Crippen molar-refractivity contribution in [2.45, 2.75) is 38.3 Å². The van der Waals surface area contributed by atoms with Crippen LogP contribution in [0.25, 0.3) is 15.9 Å². The topological polar surface area (TPSA) is 34.9 Å². The fourth-order valence-corrected chi connectivity index (χ4v) is 5.74. The molecular weight excluding hydrogens is 360 g/mol. The summed E-state index contributed by atoms with van der Waals surface area (Å²) in [6, 6.07) is 9.84. The number of nitrogens with zero attached hydrogens (tertiary/aromatic N) is 2. The number of fused-ring (bicyclic) bond motifs is 3. The zero-order valence-electron chi connectivity index (χ0n) is 15.1. The lowest BCUT2D eigenvalue weighted by Crippen LogP contribution is -2.22. The molecule has 0 spiro atoms. The molecule has 0 amide bonds. The normalized spacial score (nSPS) is 16.6. The van der Waals surface area contributed by atoms with E-state index in [1.807, 2.05) is 37.3 Å². The van der Waals surface area contributed by atoms with Crippen molar-refractivity contribution in [2.24, 2.45) is 5.92 Å². The first-order chi connectivity index (χ1) is 12.5. The third-order valence-electron chi connectivity index (χ3n) is 4.76. The molecule has 0 saturated heterocycles. The molecule has 1 aliphatic rings. The lowest BCUT2D eigenvalue weighted by Gasteiger charge is -2.17. The Balaban J connectivity index is 1.96. The Morgan fingerprint density at radius 1 is 1.38 bits per heavy atom. The van der Waals surface area contributed by atoms with Crippen LogP contribution in [0.5, 0.6) is 0 Å². The lowest BCUT2D eigenvalue weighted by atomic mass is 9.89. The molecule has 1 unspecified atom stereocenters. The minimum atomic E-state index is 0.0671. The highest BCUT2D eigenvalue weighted by atomic mass is 32.2. The van der Waals surface area contributed by atoms with Crippen molar-refractivity contribution in [3.8, 4) is 5.69 Å². The van der Waals surface area contributed by atoms with Crippen LogP contribution in [-0.2, 0) is 12.8 Å². The molecule has 134 valence electrons. The standard InChI is InChI=1S/C21H22N2OS2/c1-13(2)12-25-21-22-19-18(16-10-9-14(3)11-17(16)26-19)20(24)23(21)15-7-5-4-6-8-15/h4-8,14H,1,9-12H2,2-3H3. The number of rotatable bonds is 4. The minimum Gasteiger partial charge on any atom is -0.268 e. The van der Waals surface area contributed by atoms with Crippen LogP contribution in [0.2, 0.25) is 0 Å². The summed E-state index contributed by atoms with van der Waals surface area (Å²) in [5.74, 6) is 1.44. The molecule has 0 fully saturated rings. The van der Waals surface area contributed by atoms with Gasteiger partial charge in [0.05, 0.1) is 11.1 Å². The molecule has 1 atom stereocenters. The van der Waals surface area contributed by atoms with Crippen molar-refractivity contribution in [3.05, 3.63) is 63.3 Å². The van der Waals surface area contributed by atoms with E-state index in [2.05, 4.69) is 13.5 Å². The number of hydrogen-bond donors (Lipinski definition) is 0. The van der Waals surface area contributed by atoms with Gasteiger partial charge in [-0.3, -0.25) is 9.36 Å². The summed E-state index contributed by atoms with van der Waals surface area (Å²) in [7, 11) is 0. The molecule has 1 aliphatic carbocycles. The maximum atomic E-state index is 13.5. The Bertz CT molecular complexity index is 1030. The van der Waals surface area contributed by atoms with E-state index < -0.39 is 0 Å². The van der Waals surface area contributed by atoms with Gasteiger partial charge < -0.3 is 0 Å². The molecule has 2 aromatic heterocycles. The molecule has 26 heavy (non-hydrogen) atoms. The third-order valence-corrected chi connectivity index (χ3v) is 7.08. The number of benzene rings is 1. The Kier molecular flexibility index (Phi) is 4.76. The molecule has 3 nitrogen and oxygen atoms in total. The van der Waals surface area contributed by atoms with Gasteiger partial charge in [-0.25, -0.2) is 4.98 Å². The second kappa shape index (κ2) is 7.05. The molecule has 0 N–H and O–H groups in total. The van der Waals surface area contributed by atoms with Crippen LogP contribution in [0.15, 0.2) is 52.4 Å². The van der Waals surface area contributed by atoms with Crippen LogP contribution in [0.4, 0.5) is 0 Å². The summed E-state index contributed by atoms with van der Waals surface area (Å²) < 4.78 is 1.78. The number of hydrogen-bond acceptors (Lipinski definition) is 4. The van der Waals surface area contributed by atoms with E-state index in [9.17, 15) is 4.79 Å². The second-order valence-corrected chi connectivity index (χ2v) is 9.17. The molecule has 0 aliphatic heterocycles. The highest BCUT2D eigenvalue weighted by Gasteiger charge is 2.25. The van der Waals surface area contributed by atoms with Gasteiger partial charge in [-0.15, -0.1) is 11.3 Å². The van der Waals surface area contributed by atoms with E-state index >= 15 is 0 Å². The first kappa shape index (κ1) is 17.6. The predicted octanol–water partition coefficient (Wildman–Crippen LogP) is 5.24. The van der Waals surface area contributed by atoms with E-state index in [1.54, 1.807) is 27.7 Å². The lowest BCUT2D eigenvalue weighted by molar-refractivity contribution is 0.509. The number of aromatic nitrogens is 2. The van der Waals surface area contributed by atoms with E-state index in [-0.39, 0.29) is 5.56 Å². The third kappa shape index (κ3) is 3.14. The molecule has 5 heteroatoms. The van der Waals surface area contributed by atoms with Gasteiger partial charge in [0.1, 0.15) is 4.83 Å². The molecule has 4 rings (SSSR count). The van der Waals surface area contributed by atoms with Gasteiger partial charge in [-0.05, 0) is 49.8 Å². The summed E-state index contributed by atoms with van der Waals surface area (Å²) in [4.78, 5) is 20.7. The van der Waals surface area contributed by atoms with Gasteiger partial charge in [0.15, 0.2) is 5.16 Å². The van der Waals surface area contributed by atoms with Gasteiger partial charge in [0.2, 0.25) is 0 Å². The average Bonchev–Trinajstić information content (AvgIpc) is 2.98. The molecule has 0 bridgehead atoms. The monoisotopic (exact) mass is 382 g/mol. The van der Waals surface area contributed by atoms with Crippen LogP contribution >= 0.6 is 23.1 Å². The van der Waals surface area contributed by atoms with Crippen molar-refractivity contribution >= 4 is 33.3 Å². The van der Waals surface area contributed by atoms with Gasteiger partial charge in [0.25, 0.3) is 5.56 Å². The highest BCUT2D eigenvalue weighted by Crippen LogP contribution is 2.37. The van der Waals surface area contributed by atoms with E-state index in [0.29, 0.717) is 5.92 Å². The second-order valence-electron chi connectivity index (χ2n) is 7.15. The fraction of sp³-hybridized carbons (Fsp3) is 0.333. The summed E-state index contributed by atoms with van der Waals surface area (Å²) in [5, 5.41) is 1.59. The quantitative estimate of drug-likeness (QED) is 0.352. The Morgan fingerprint density at radius 3 is 2.88 bits per heavy atom. The van der Waals surface area contributed by atoms with Gasteiger partial charge >= 0.3 is 0 Å². The van der Waals surface area contributed by atoms with Crippen LogP contribution < -0.4 is 5.56 Å². The zero-order chi connectivity index (χ0) is 18.3. The first-order valence-corrected chi connectivity index (χ1v) is 10.7. The summed E-state index contributed by atoms with van der Waals surface area (Å²) in [5.41, 5.74) is 3.25. The van der Waals surface area contributed by atoms with Crippen LogP contribution in [0, 0.1) is 5.92 Å². The number of thiophene rings is 1. The van der Waals surface area contributed by atoms with Crippen molar-refractivity contribution in [1.29, 1.82) is 0 Å². The molecule has 3 aromatic rings. The fourth-order valence-electron chi connectivity index (χ4n) is 3.46. The van der Waals surface area contributed by atoms with Crippen LogP contribution in [-0.4, -0.2) is 15.3 Å². The van der Waals surface area contributed by atoms with E-state index in [1.165, 1.54) is 10.4 Å². The van der Waals surface area contributed by atoms with Gasteiger partial charge in [0, 0.05) is 10.6 Å². The van der Waals surface area contributed by atoms with Crippen molar-refractivity contribution in [2.75, 3.05) is 5.75 Å². The maximum absolute atomic E-state index is 13.5. The predicted molar refractivity (Wildman–Crippen MR) is 112 cm³/mol. The molecular formula is C21H22N2OS2. The summed E-state index contributed by atoms with van der Waals surface area (Å²) in [6.45, 7) is 8.28. The zero-order valence-corrected chi connectivity index (χ0v) is 16.8. The highest BCUT2D eigenvalue weighted by molar-refractivity contribution is 7.99. The number of thioether (sulfide) groups is 1. The molecule has 1 aromatic carbocycles. The van der Waals surface area contributed by atoms with Crippen molar-refractivity contribution < 1.29 is 0 Å². The van der Waals surface area contributed by atoms with E-state index in [0.717, 1.165) is 51.6 Å². The van der Waals surface area contributed by atoms with E-state index in [4.69, 9.17) is 4.98 Å². The average molecular weight is 383 g/mol. The Hall–Kier alpha value is -1.85. The number of para-hydroxylation sites is 1. The van der Waals surface area contributed by atoms with Crippen LogP contribution in [0.1, 0.15) is 30.7 Å². The molecule has 0 radical (unpaired) electrons. The molecule has 2 heterocycles. The Labute approximate surface area is 161 Å². The van der Waals surface area contributed by atoms with Crippen molar-refractivity contribution in [3.63, 3.8) is 0 Å². The maximum Gasteiger partial charge on any atom is 0.267 e. The van der Waals surface area contributed by atoms with Gasteiger partial charge in [-0.1, -0.05) is 49.0 Å². The summed E-state index contributed by atoms with van der Waals surface area (Å²) >= 11 is 3.29. The smallest absolute Gasteiger partial charge is 0.267 e. The Morgan fingerprint density at radius 2 is 2.15 bits per heavy atom. The van der Waals surface area contributed by atoms with Crippen molar-refractivity contribution in [1.82, 2.24) is 9.55 Å². The SMILES string of the molecule is C=C(C)CSc1nc2sc3c(c2c(=O)n1-c1ccccc1)CCC(C)C3. The minimum absolute atomic E-state index is 0.0671. The van der Waals surface area contributed by atoms with Crippen LogP contribution in [0.3, 0.4) is 0 Å². The van der Waals surface area contributed by atoms with Gasteiger partial charge in [-0.2, -0.15) is 0 Å². The summed E-state index contributed by atoms with van der Waals surface area (Å²) in [6.07, 6.45) is 3.20. The molecule has 0 saturated carbocycles. The first-order valence-electron chi connectivity index (χ1n) is 8.94.